The number of hydrogen-bond donors (Lipinski definition) is 0. The zero-order valence-corrected chi connectivity index (χ0v) is 15.5. The van der Waals surface area contributed by atoms with Crippen LogP contribution in [-0.4, -0.2) is 16.7 Å². The number of hydrogen-bond acceptors (Lipinski definition) is 2. The van der Waals surface area contributed by atoms with Gasteiger partial charge in [-0.15, -0.1) is 0 Å². The third-order valence-electron chi connectivity index (χ3n) is 4.66. The van der Waals surface area contributed by atoms with Gasteiger partial charge in [-0.3, -0.25) is 0 Å². The topological polar surface area (TPSA) is 27.1 Å². The van der Waals surface area contributed by atoms with E-state index in [1.165, 1.54) is 12.1 Å². The Morgan fingerprint density at radius 3 is 2.37 bits per heavy atom. The van der Waals surface area contributed by atoms with Crippen LogP contribution in [0.25, 0.3) is 22.4 Å². The van der Waals surface area contributed by atoms with Crippen LogP contribution in [0.5, 0.6) is 5.75 Å². The number of aryl methyl sites for hydroxylation is 1. The quantitative estimate of drug-likeness (QED) is 0.452. The van der Waals surface area contributed by atoms with Crippen LogP contribution in [0, 0.1) is 0 Å². The summed E-state index contributed by atoms with van der Waals surface area (Å²) in [7, 11) is 1.60. The predicted molar refractivity (Wildman–Crippen MR) is 101 cm³/mol. The molecule has 0 unspecified atom stereocenters. The lowest BCUT2D eigenvalue weighted by Gasteiger charge is -2.11. The molecule has 0 N–H and O–H groups in total. The number of rotatable bonds is 7. The molecule has 2 aromatic carbocycles. The van der Waals surface area contributed by atoms with Crippen LogP contribution in [0.1, 0.15) is 38.2 Å². The lowest BCUT2D eigenvalue weighted by Crippen LogP contribution is -2.05. The first-order valence-electron chi connectivity index (χ1n) is 9.16. The lowest BCUT2D eigenvalue weighted by atomic mass is 10.1. The van der Waals surface area contributed by atoms with Crippen molar-refractivity contribution in [3.8, 4) is 17.1 Å². The molecule has 0 fully saturated rings. The Balaban J connectivity index is 2.01. The predicted octanol–water partition coefficient (Wildman–Crippen LogP) is 6.31. The van der Waals surface area contributed by atoms with E-state index in [0.717, 1.165) is 55.4 Å². The summed E-state index contributed by atoms with van der Waals surface area (Å²) in [6, 6.07) is 10.9. The Kier molecular flexibility index (Phi) is 5.73. The number of benzene rings is 2. The second-order valence-electron chi connectivity index (χ2n) is 6.58. The second kappa shape index (κ2) is 8.03. The minimum absolute atomic E-state index is 0.654. The maximum atomic E-state index is 12.9. The van der Waals surface area contributed by atoms with Crippen molar-refractivity contribution in [2.75, 3.05) is 7.11 Å². The number of imidazole rings is 1. The summed E-state index contributed by atoms with van der Waals surface area (Å²) in [6.07, 6.45) is 0.0770. The first kappa shape index (κ1) is 19.3. The van der Waals surface area contributed by atoms with E-state index in [4.69, 9.17) is 4.74 Å². The fourth-order valence-corrected chi connectivity index (χ4v) is 3.19. The van der Waals surface area contributed by atoms with Crippen LogP contribution in [-0.2, 0) is 12.7 Å². The third-order valence-corrected chi connectivity index (χ3v) is 4.66. The number of halogens is 3. The highest BCUT2D eigenvalue weighted by atomic mass is 19.4. The highest BCUT2D eigenvalue weighted by molar-refractivity contribution is 5.82. The van der Waals surface area contributed by atoms with Gasteiger partial charge in [-0.05, 0) is 30.7 Å². The van der Waals surface area contributed by atoms with Crippen molar-refractivity contribution in [3.63, 3.8) is 0 Å². The molecule has 0 bridgehead atoms. The average Bonchev–Trinajstić information content (AvgIpc) is 3.02. The van der Waals surface area contributed by atoms with E-state index in [2.05, 4.69) is 16.5 Å². The van der Waals surface area contributed by atoms with Gasteiger partial charge in [-0.1, -0.05) is 38.3 Å². The SMILES string of the molecule is CCCCCCn1c(-c2ccc(C(F)(F)F)cc2)nc2cc(OC)ccc21. The van der Waals surface area contributed by atoms with E-state index < -0.39 is 11.7 Å². The van der Waals surface area contributed by atoms with Crippen molar-refractivity contribution >= 4 is 11.0 Å². The Hall–Kier alpha value is -2.50. The number of nitrogens with zero attached hydrogens (tertiary/aromatic N) is 2. The zero-order chi connectivity index (χ0) is 19.4. The Bertz CT molecular complexity index is 898. The van der Waals surface area contributed by atoms with E-state index in [0.29, 0.717) is 17.1 Å². The van der Waals surface area contributed by atoms with E-state index in [9.17, 15) is 13.2 Å². The van der Waals surface area contributed by atoms with Crippen molar-refractivity contribution in [3.05, 3.63) is 48.0 Å². The van der Waals surface area contributed by atoms with Crippen molar-refractivity contribution in [1.29, 1.82) is 0 Å². The van der Waals surface area contributed by atoms with Gasteiger partial charge in [-0.2, -0.15) is 13.2 Å². The van der Waals surface area contributed by atoms with Crippen molar-refractivity contribution in [2.24, 2.45) is 0 Å². The van der Waals surface area contributed by atoms with Crippen molar-refractivity contribution < 1.29 is 17.9 Å². The van der Waals surface area contributed by atoms with Gasteiger partial charge in [0, 0.05) is 18.2 Å². The van der Waals surface area contributed by atoms with Crippen LogP contribution in [0.3, 0.4) is 0 Å². The molecular formula is C21H23F3N2O. The molecule has 3 aromatic rings. The summed E-state index contributed by atoms with van der Waals surface area (Å²) in [5.41, 5.74) is 1.76. The summed E-state index contributed by atoms with van der Waals surface area (Å²) in [4.78, 5) is 4.68. The van der Waals surface area contributed by atoms with Gasteiger partial charge in [0.2, 0.25) is 0 Å². The van der Waals surface area contributed by atoms with Gasteiger partial charge in [0.15, 0.2) is 0 Å². The highest BCUT2D eigenvalue weighted by Gasteiger charge is 2.30. The molecule has 1 heterocycles. The van der Waals surface area contributed by atoms with E-state index in [-0.39, 0.29) is 0 Å². The molecule has 0 atom stereocenters. The maximum absolute atomic E-state index is 12.9. The zero-order valence-electron chi connectivity index (χ0n) is 15.5. The van der Waals surface area contributed by atoms with Gasteiger partial charge in [0.05, 0.1) is 23.7 Å². The minimum Gasteiger partial charge on any atom is -0.497 e. The molecule has 0 spiro atoms. The molecule has 0 saturated carbocycles. The van der Waals surface area contributed by atoms with Gasteiger partial charge < -0.3 is 9.30 Å². The standard InChI is InChI=1S/C21H23F3N2O/c1-3-4-5-6-13-26-19-12-11-17(27-2)14-18(19)25-20(26)15-7-9-16(10-8-15)21(22,23)24/h7-12,14H,3-6,13H2,1-2H3. The van der Waals surface area contributed by atoms with E-state index in [1.807, 2.05) is 18.2 Å². The molecule has 0 aliphatic rings. The number of aromatic nitrogens is 2. The summed E-state index contributed by atoms with van der Waals surface area (Å²) in [5, 5.41) is 0. The third kappa shape index (κ3) is 4.26. The second-order valence-corrected chi connectivity index (χ2v) is 6.58. The molecule has 0 radical (unpaired) electrons. The van der Waals surface area contributed by atoms with Crippen molar-refractivity contribution in [2.45, 2.75) is 45.3 Å². The first-order valence-corrected chi connectivity index (χ1v) is 9.16. The first-order chi connectivity index (χ1) is 12.9. The molecule has 0 aliphatic heterocycles. The smallest absolute Gasteiger partial charge is 0.416 e. The summed E-state index contributed by atoms with van der Waals surface area (Å²) in [6.45, 7) is 2.94. The fraction of sp³-hybridized carbons (Fsp3) is 0.381. The summed E-state index contributed by atoms with van der Waals surface area (Å²) < 4.78 is 45.9. The molecule has 1 aromatic heterocycles. The minimum atomic E-state index is -4.34. The van der Waals surface area contributed by atoms with Crippen LogP contribution >= 0.6 is 0 Å². The van der Waals surface area contributed by atoms with Gasteiger partial charge >= 0.3 is 6.18 Å². The maximum Gasteiger partial charge on any atom is 0.416 e. The largest absolute Gasteiger partial charge is 0.497 e. The van der Waals surface area contributed by atoms with Gasteiger partial charge in [0.25, 0.3) is 0 Å². The molecule has 3 rings (SSSR count). The molecule has 0 aliphatic carbocycles. The molecule has 144 valence electrons. The average molecular weight is 376 g/mol. The van der Waals surface area contributed by atoms with Gasteiger partial charge in [0.1, 0.15) is 11.6 Å². The lowest BCUT2D eigenvalue weighted by molar-refractivity contribution is -0.137. The Labute approximate surface area is 156 Å². The number of unbranched alkanes of at least 4 members (excludes halogenated alkanes) is 3. The monoisotopic (exact) mass is 376 g/mol. The van der Waals surface area contributed by atoms with Crippen LogP contribution in [0.4, 0.5) is 13.2 Å². The Morgan fingerprint density at radius 2 is 1.74 bits per heavy atom. The van der Waals surface area contributed by atoms with E-state index >= 15 is 0 Å². The molecule has 27 heavy (non-hydrogen) atoms. The number of methoxy groups -OCH3 is 1. The van der Waals surface area contributed by atoms with Crippen LogP contribution < -0.4 is 4.74 Å². The highest BCUT2D eigenvalue weighted by Crippen LogP contribution is 2.32. The molecule has 0 saturated heterocycles. The number of alkyl halides is 3. The normalized spacial score (nSPS) is 11.9. The molecular weight excluding hydrogens is 353 g/mol. The molecule has 6 heteroatoms. The molecule has 0 amide bonds. The summed E-state index contributed by atoms with van der Waals surface area (Å²) >= 11 is 0. The van der Waals surface area contributed by atoms with Crippen molar-refractivity contribution in [1.82, 2.24) is 9.55 Å². The van der Waals surface area contributed by atoms with Gasteiger partial charge in [-0.25, -0.2) is 4.98 Å². The fourth-order valence-electron chi connectivity index (χ4n) is 3.19. The van der Waals surface area contributed by atoms with Crippen LogP contribution in [0.2, 0.25) is 0 Å². The van der Waals surface area contributed by atoms with E-state index in [1.54, 1.807) is 7.11 Å². The number of ether oxygens (including phenoxy) is 1. The number of fused-ring (bicyclic) bond motifs is 1. The van der Waals surface area contributed by atoms with Crippen LogP contribution in [0.15, 0.2) is 42.5 Å². The Morgan fingerprint density at radius 1 is 1.00 bits per heavy atom. The molecule has 3 nitrogen and oxygen atoms in total. The summed E-state index contributed by atoms with van der Waals surface area (Å²) in [5.74, 6) is 1.39.